The van der Waals surface area contributed by atoms with Crippen LogP contribution in [0.4, 0.5) is 9.52 Å². The van der Waals surface area contributed by atoms with E-state index in [2.05, 4.69) is 26.2 Å². The number of nitrogens with one attached hydrogen (secondary N) is 1. The molecule has 0 spiro atoms. The van der Waals surface area contributed by atoms with Crippen molar-refractivity contribution in [2.45, 2.75) is 6.92 Å². The number of thiazole rings is 1. The zero-order valence-electron chi connectivity index (χ0n) is 9.74. The predicted octanol–water partition coefficient (Wildman–Crippen LogP) is 3.50. The molecule has 0 saturated heterocycles. The predicted molar refractivity (Wildman–Crippen MR) is 74.2 cm³/mol. The molecule has 1 N–H and O–H groups in total. The first-order chi connectivity index (χ1) is 8.99. The van der Waals surface area contributed by atoms with Gasteiger partial charge in [0.25, 0.3) is 5.91 Å². The Labute approximate surface area is 120 Å². The van der Waals surface area contributed by atoms with Crippen molar-refractivity contribution in [3.63, 3.8) is 0 Å². The minimum atomic E-state index is -0.629. The second kappa shape index (κ2) is 5.58. The lowest BCUT2D eigenvalue weighted by Crippen LogP contribution is -2.14. The first-order valence-corrected chi connectivity index (χ1v) is 6.88. The van der Waals surface area contributed by atoms with Crippen molar-refractivity contribution < 1.29 is 14.0 Å². The molecule has 0 saturated carbocycles. The van der Waals surface area contributed by atoms with Crippen LogP contribution in [0.2, 0.25) is 0 Å². The van der Waals surface area contributed by atoms with Gasteiger partial charge in [-0.05, 0) is 28.1 Å². The average Bonchev–Trinajstić information content (AvgIpc) is 2.77. The highest BCUT2D eigenvalue weighted by atomic mass is 79.9. The monoisotopic (exact) mass is 342 g/mol. The number of amides is 1. The smallest absolute Gasteiger partial charge is 0.261 e. The Morgan fingerprint density at radius 2 is 2.16 bits per heavy atom. The van der Waals surface area contributed by atoms with Crippen LogP contribution in [0.25, 0.3) is 0 Å². The Hall–Kier alpha value is -1.60. The number of aromatic nitrogens is 1. The minimum Gasteiger partial charge on any atom is -0.298 e. The van der Waals surface area contributed by atoms with Crippen molar-refractivity contribution >= 4 is 44.1 Å². The molecule has 0 aliphatic heterocycles. The van der Waals surface area contributed by atoms with Gasteiger partial charge >= 0.3 is 0 Å². The van der Waals surface area contributed by atoms with Crippen LogP contribution in [0.3, 0.4) is 0 Å². The summed E-state index contributed by atoms with van der Waals surface area (Å²) in [5.41, 5.74) is 0.176. The summed E-state index contributed by atoms with van der Waals surface area (Å²) >= 11 is 4.23. The van der Waals surface area contributed by atoms with Crippen molar-refractivity contribution in [1.29, 1.82) is 0 Å². The lowest BCUT2D eigenvalue weighted by atomic mass is 10.2. The van der Waals surface area contributed by atoms with E-state index in [0.29, 0.717) is 4.47 Å². The van der Waals surface area contributed by atoms with Crippen LogP contribution in [0.1, 0.15) is 27.8 Å². The van der Waals surface area contributed by atoms with E-state index in [1.54, 1.807) is 6.07 Å². The van der Waals surface area contributed by atoms with Crippen LogP contribution in [0.15, 0.2) is 28.1 Å². The fraction of sp³-hybridized carbons (Fsp3) is 0.0833. The molecular formula is C12H8BrFN2O2S. The number of rotatable bonds is 3. The third-order valence-corrected chi connectivity index (χ3v) is 3.69. The van der Waals surface area contributed by atoms with E-state index >= 15 is 0 Å². The topological polar surface area (TPSA) is 59.1 Å². The molecule has 0 aliphatic rings. The number of nitrogens with zero attached hydrogens (tertiary/aromatic N) is 1. The van der Waals surface area contributed by atoms with Gasteiger partial charge in [0, 0.05) is 16.8 Å². The highest BCUT2D eigenvalue weighted by molar-refractivity contribution is 9.10. The number of carbonyl (C=O) groups is 2. The van der Waals surface area contributed by atoms with Crippen molar-refractivity contribution in [2.24, 2.45) is 0 Å². The first-order valence-electron chi connectivity index (χ1n) is 5.21. The van der Waals surface area contributed by atoms with Gasteiger partial charge in [0.15, 0.2) is 10.9 Å². The Balaban J connectivity index is 2.23. The van der Waals surface area contributed by atoms with E-state index in [1.165, 1.54) is 24.4 Å². The fourth-order valence-corrected chi connectivity index (χ4v) is 2.63. The Morgan fingerprint density at radius 3 is 2.74 bits per heavy atom. The van der Waals surface area contributed by atoms with E-state index < -0.39 is 11.7 Å². The summed E-state index contributed by atoms with van der Waals surface area (Å²) in [4.78, 5) is 27.0. The standard InChI is InChI=1S/C12H8BrFN2O2S/c1-6(17)9-5-19-12(15-9)16-11(18)10-7(13)3-2-4-8(10)14/h2-5H,1H3,(H,15,16,18). The lowest BCUT2D eigenvalue weighted by molar-refractivity contribution is 0.100. The summed E-state index contributed by atoms with van der Waals surface area (Å²) in [6, 6.07) is 4.26. The van der Waals surface area contributed by atoms with Crippen molar-refractivity contribution in [3.05, 3.63) is 45.1 Å². The van der Waals surface area contributed by atoms with Gasteiger partial charge in [-0.15, -0.1) is 11.3 Å². The van der Waals surface area contributed by atoms with Crippen LogP contribution >= 0.6 is 27.3 Å². The SMILES string of the molecule is CC(=O)c1csc(NC(=O)c2c(F)cccc2Br)n1. The molecule has 0 fully saturated rings. The van der Waals surface area contributed by atoms with E-state index in [0.717, 1.165) is 11.3 Å². The van der Waals surface area contributed by atoms with Gasteiger partial charge in [-0.1, -0.05) is 6.07 Å². The summed E-state index contributed by atoms with van der Waals surface area (Å²) in [6.07, 6.45) is 0. The molecular weight excluding hydrogens is 335 g/mol. The normalized spacial score (nSPS) is 10.3. The zero-order chi connectivity index (χ0) is 14.0. The summed E-state index contributed by atoms with van der Waals surface area (Å²) < 4.78 is 13.9. The summed E-state index contributed by atoms with van der Waals surface area (Å²) in [5.74, 6) is -1.44. The van der Waals surface area contributed by atoms with Gasteiger partial charge in [0.1, 0.15) is 11.5 Å². The van der Waals surface area contributed by atoms with Crippen molar-refractivity contribution in [2.75, 3.05) is 5.32 Å². The number of carbonyl (C=O) groups excluding carboxylic acids is 2. The number of halogens is 2. The average molecular weight is 343 g/mol. The fourth-order valence-electron chi connectivity index (χ4n) is 1.37. The third kappa shape index (κ3) is 3.05. The highest BCUT2D eigenvalue weighted by Crippen LogP contribution is 2.22. The zero-order valence-corrected chi connectivity index (χ0v) is 12.1. The largest absolute Gasteiger partial charge is 0.298 e. The molecule has 0 aliphatic carbocycles. The second-order valence-electron chi connectivity index (χ2n) is 3.64. The molecule has 0 unspecified atom stereocenters. The molecule has 4 nitrogen and oxygen atoms in total. The molecule has 98 valence electrons. The molecule has 1 amide bonds. The molecule has 2 rings (SSSR count). The third-order valence-electron chi connectivity index (χ3n) is 2.28. The number of ketones is 1. The summed E-state index contributed by atoms with van der Waals surface area (Å²) in [7, 11) is 0. The minimum absolute atomic E-state index is 0.0953. The Morgan fingerprint density at radius 1 is 1.42 bits per heavy atom. The van der Waals surface area contributed by atoms with Gasteiger partial charge in [0.05, 0.1) is 5.56 Å². The molecule has 1 heterocycles. The van der Waals surface area contributed by atoms with Gasteiger partial charge in [-0.2, -0.15) is 0 Å². The van der Waals surface area contributed by atoms with Crippen LogP contribution in [0, 0.1) is 5.82 Å². The van der Waals surface area contributed by atoms with E-state index in [1.807, 2.05) is 0 Å². The van der Waals surface area contributed by atoms with E-state index in [9.17, 15) is 14.0 Å². The molecule has 0 atom stereocenters. The molecule has 1 aromatic carbocycles. The van der Waals surface area contributed by atoms with Crippen molar-refractivity contribution in [3.8, 4) is 0 Å². The number of hydrogen-bond acceptors (Lipinski definition) is 4. The molecule has 19 heavy (non-hydrogen) atoms. The number of Topliss-reactive ketones (excluding diaryl/α,β-unsaturated/α-hetero) is 1. The second-order valence-corrected chi connectivity index (χ2v) is 5.36. The molecule has 7 heteroatoms. The summed E-state index contributed by atoms with van der Waals surface area (Å²) in [6.45, 7) is 1.38. The quantitative estimate of drug-likeness (QED) is 0.868. The molecule has 0 radical (unpaired) electrons. The number of anilines is 1. The maximum atomic E-state index is 13.6. The summed E-state index contributed by atoms with van der Waals surface area (Å²) in [5, 5.41) is 4.25. The van der Waals surface area contributed by atoms with Gasteiger partial charge in [0.2, 0.25) is 0 Å². The lowest BCUT2D eigenvalue weighted by Gasteiger charge is -2.05. The Kier molecular flexibility index (Phi) is 4.06. The number of benzene rings is 1. The highest BCUT2D eigenvalue weighted by Gasteiger charge is 2.17. The maximum Gasteiger partial charge on any atom is 0.261 e. The Bertz CT molecular complexity index is 637. The van der Waals surface area contributed by atoms with E-state index in [-0.39, 0.29) is 22.2 Å². The number of hydrogen-bond donors (Lipinski definition) is 1. The van der Waals surface area contributed by atoms with Gasteiger partial charge in [-0.25, -0.2) is 9.37 Å². The first kappa shape index (κ1) is 13.8. The van der Waals surface area contributed by atoms with E-state index in [4.69, 9.17) is 0 Å². The van der Waals surface area contributed by atoms with Crippen LogP contribution in [-0.4, -0.2) is 16.7 Å². The molecule has 2 aromatic rings. The van der Waals surface area contributed by atoms with Crippen LogP contribution in [-0.2, 0) is 0 Å². The van der Waals surface area contributed by atoms with Crippen LogP contribution < -0.4 is 5.32 Å². The van der Waals surface area contributed by atoms with Gasteiger partial charge in [-0.3, -0.25) is 14.9 Å². The van der Waals surface area contributed by atoms with Gasteiger partial charge < -0.3 is 0 Å². The van der Waals surface area contributed by atoms with Crippen molar-refractivity contribution in [1.82, 2.24) is 4.98 Å². The molecule has 1 aromatic heterocycles. The maximum absolute atomic E-state index is 13.6. The van der Waals surface area contributed by atoms with Crippen LogP contribution in [0.5, 0.6) is 0 Å². The molecule has 0 bridgehead atoms.